The molecule has 0 atom stereocenters. The lowest BCUT2D eigenvalue weighted by Gasteiger charge is -2.36. The summed E-state index contributed by atoms with van der Waals surface area (Å²) in [6, 6.07) is 11.8. The number of anilines is 1. The van der Waals surface area contributed by atoms with E-state index in [0.717, 1.165) is 31.6 Å². The average molecular weight is 438 g/mol. The summed E-state index contributed by atoms with van der Waals surface area (Å²) in [5, 5.41) is 10.8. The molecule has 5 heteroatoms. The molecule has 0 bridgehead atoms. The Bertz CT molecular complexity index is 977. The van der Waals surface area contributed by atoms with Crippen LogP contribution in [-0.2, 0) is 4.74 Å². The number of carbonyl (C=O) groups excluding carboxylic acids is 2. The van der Waals surface area contributed by atoms with E-state index in [1.165, 1.54) is 0 Å². The quantitative estimate of drug-likeness (QED) is 0.435. The van der Waals surface area contributed by atoms with Crippen LogP contribution >= 0.6 is 0 Å². The standard InChI is InChI=1S/C27H35NO4/c1-26(2,3)16-28(17-27(4,5)6)18-11-14-22(23(29)15-18)24(30)20-9-7-8-10-21(20)25(31)32-19-12-13-19/h7-11,14-15,19,29H,12-13,16-17H2,1-6H3. The molecule has 0 unspecified atom stereocenters. The summed E-state index contributed by atoms with van der Waals surface area (Å²) >= 11 is 0. The number of esters is 1. The van der Waals surface area contributed by atoms with E-state index in [1.807, 2.05) is 6.07 Å². The van der Waals surface area contributed by atoms with Crippen molar-refractivity contribution in [2.24, 2.45) is 10.8 Å². The number of nitrogens with zero attached hydrogens (tertiary/aromatic N) is 1. The van der Waals surface area contributed by atoms with Gasteiger partial charge < -0.3 is 14.7 Å². The maximum Gasteiger partial charge on any atom is 0.339 e. The van der Waals surface area contributed by atoms with Gasteiger partial charge in [-0.2, -0.15) is 0 Å². The van der Waals surface area contributed by atoms with E-state index in [4.69, 9.17) is 4.74 Å². The van der Waals surface area contributed by atoms with Gasteiger partial charge in [0, 0.05) is 30.4 Å². The zero-order valence-corrected chi connectivity index (χ0v) is 20.1. The van der Waals surface area contributed by atoms with Crippen molar-refractivity contribution in [1.82, 2.24) is 0 Å². The number of benzene rings is 2. The molecule has 5 nitrogen and oxygen atoms in total. The Morgan fingerprint density at radius 1 is 0.906 bits per heavy atom. The molecule has 0 radical (unpaired) electrons. The fraction of sp³-hybridized carbons (Fsp3) is 0.481. The van der Waals surface area contributed by atoms with E-state index in [1.54, 1.807) is 36.4 Å². The summed E-state index contributed by atoms with van der Waals surface area (Å²) in [6.45, 7) is 14.7. The Morgan fingerprint density at radius 2 is 1.47 bits per heavy atom. The molecule has 0 spiro atoms. The van der Waals surface area contributed by atoms with Crippen LogP contribution < -0.4 is 4.90 Å². The van der Waals surface area contributed by atoms with Gasteiger partial charge in [0.1, 0.15) is 11.9 Å². The lowest BCUT2D eigenvalue weighted by molar-refractivity contribution is 0.0469. The van der Waals surface area contributed by atoms with Gasteiger partial charge in [0.2, 0.25) is 0 Å². The van der Waals surface area contributed by atoms with E-state index < -0.39 is 11.8 Å². The molecule has 1 aliphatic carbocycles. The van der Waals surface area contributed by atoms with E-state index in [-0.39, 0.29) is 39.4 Å². The van der Waals surface area contributed by atoms with Crippen LogP contribution in [0.2, 0.25) is 0 Å². The van der Waals surface area contributed by atoms with Crippen molar-refractivity contribution in [2.75, 3.05) is 18.0 Å². The van der Waals surface area contributed by atoms with Crippen molar-refractivity contribution >= 4 is 17.4 Å². The van der Waals surface area contributed by atoms with Crippen LogP contribution in [0.25, 0.3) is 0 Å². The Labute approximate surface area is 191 Å². The van der Waals surface area contributed by atoms with E-state index in [0.29, 0.717) is 0 Å². The summed E-state index contributed by atoms with van der Waals surface area (Å²) in [7, 11) is 0. The maximum absolute atomic E-state index is 13.3. The third kappa shape index (κ3) is 6.35. The SMILES string of the molecule is CC(C)(C)CN(CC(C)(C)C)c1ccc(C(=O)c2ccccc2C(=O)OC2CC2)c(O)c1. The van der Waals surface area contributed by atoms with Crippen LogP contribution in [0.15, 0.2) is 42.5 Å². The van der Waals surface area contributed by atoms with Gasteiger partial charge in [-0.3, -0.25) is 4.79 Å². The lowest BCUT2D eigenvalue weighted by atomic mass is 9.91. The van der Waals surface area contributed by atoms with Gasteiger partial charge in [0.15, 0.2) is 5.78 Å². The van der Waals surface area contributed by atoms with Crippen LogP contribution in [-0.4, -0.2) is 36.1 Å². The largest absolute Gasteiger partial charge is 0.507 e. The predicted octanol–water partition coefficient (Wildman–Crippen LogP) is 5.84. The topological polar surface area (TPSA) is 66.8 Å². The molecule has 1 saturated carbocycles. The highest BCUT2D eigenvalue weighted by Crippen LogP contribution is 2.32. The van der Waals surface area contributed by atoms with Gasteiger partial charge in [0.25, 0.3) is 0 Å². The van der Waals surface area contributed by atoms with Crippen molar-refractivity contribution in [2.45, 2.75) is 60.5 Å². The minimum absolute atomic E-state index is 0.0463. The molecule has 0 saturated heterocycles. The number of hydrogen-bond acceptors (Lipinski definition) is 5. The fourth-order valence-electron chi connectivity index (χ4n) is 3.70. The van der Waals surface area contributed by atoms with Crippen molar-refractivity contribution < 1.29 is 19.4 Å². The maximum atomic E-state index is 13.3. The Hall–Kier alpha value is -2.82. The van der Waals surface area contributed by atoms with Gasteiger partial charge in [-0.1, -0.05) is 59.7 Å². The predicted molar refractivity (Wildman–Crippen MR) is 128 cm³/mol. The fourth-order valence-corrected chi connectivity index (χ4v) is 3.70. The first kappa shape index (κ1) is 23.8. The average Bonchev–Trinajstić information content (AvgIpc) is 3.48. The second kappa shape index (κ2) is 8.97. The van der Waals surface area contributed by atoms with Gasteiger partial charge in [0.05, 0.1) is 11.1 Å². The smallest absolute Gasteiger partial charge is 0.339 e. The van der Waals surface area contributed by atoms with Crippen molar-refractivity contribution in [3.63, 3.8) is 0 Å². The number of hydrogen-bond donors (Lipinski definition) is 1. The molecule has 0 heterocycles. The molecule has 1 aliphatic rings. The highest BCUT2D eigenvalue weighted by atomic mass is 16.5. The summed E-state index contributed by atoms with van der Waals surface area (Å²) in [4.78, 5) is 28.0. The zero-order valence-electron chi connectivity index (χ0n) is 20.1. The van der Waals surface area contributed by atoms with E-state index in [9.17, 15) is 14.7 Å². The molecule has 172 valence electrons. The number of phenolic OH excluding ortho intramolecular Hbond substituents is 1. The minimum atomic E-state index is -0.492. The zero-order chi connectivity index (χ0) is 23.7. The Morgan fingerprint density at radius 3 is 1.97 bits per heavy atom. The van der Waals surface area contributed by atoms with Crippen LogP contribution in [0.1, 0.15) is 80.7 Å². The van der Waals surface area contributed by atoms with E-state index in [2.05, 4.69) is 46.4 Å². The Kier molecular flexibility index (Phi) is 6.68. The second-order valence-electron chi connectivity index (χ2n) is 11.2. The van der Waals surface area contributed by atoms with Gasteiger partial charge in [-0.05, 0) is 41.9 Å². The number of ether oxygens (including phenoxy) is 1. The first-order chi connectivity index (χ1) is 14.8. The minimum Gasteiger partial charge on any atom is -0.507 e. The molecule has 32 heavy (non-hydrogen) atoms. The number of phenols is 1. The first-order valence-corrected chi connectivity index (χ1v) is 11.3. The summed E-state index contributed by atoms with van der Waals surface area (Å²) in [5.41, 5.74) is 1.64. The molecular formula is C27H35NO4. The van der Waals surface area contributed by atoms with Crippen LogP contribution in [0, 0.1) is 10.8 Å². The molecule has 1 fully saturated rings. The Balaban J connectivity index is 1.90. The highest BCUT2D eigenvalue weighted by molar-refractivity contribution is 6.15. The van der Waals surface area contributed by atoms with Crippen LogP contribution in [0.3, 0.4) is 0 Å². The molecule has 0 aliphatic heterocycles. The summed E-state index contributed by atoms with van der Waals surface area (Å²) in [5.74, 6) is -0.977. The molecule has 3 rings (SSSR count). The molecule has 2 aromatic carbocycles. The third-order valence-electron chi connectivity index (χ3n) is 5.11. The summed E-state index contributed by atoms with van der Waals surface area (Å²) < 4.78 is 5.39. The number of aromatic hydroxyl groups is 1. The normalized spacial score (nSPS) is 14.2. The van der Waals surface area contributed by atoms with Gasteiger partial charge >= 0.3 is 5.97 Å². The van der Waals surface area contributed by atoms with Crippen molar-refractivity contribution in [3.05, 3.63) is 59.2 Å². The molecule has 1 N–H and O–H groups in total. The number of carbonyl (C=O) groups is 2. The third-order valence-corrected chi connectivity index (χ3v) is 5.11. The molecule has 0 amide bonds. The highest BCUT2D eigenvalue weighted by Gasteiger charge is 2.29. The van der Waals surface area contributed by atoms with Crippen molar-refractivity contribution in [3.8, 4) is 5.75 Å². The molecular weight excluding hydrogens is 402 g/mol. The van der Waals surface area contributed by atoms with Gasteiger partial charge in [-0.15, -0.1) is 0 Å². The monoisotopic (exact) mass is 437 g/mol. The molecule has 0 aromatic heterocycles. The number of ketones is 1. The number of rotatable bonds is 7. The van der Waals surface area contributed by atoms with Crippen LogP contribution in [0.4, 0.5) is 5.69 Å². The van der Waals surface area contributed by atoms with E-state index >= 15 is 0 Å². The molecule has 2 aromatic rings. The first-order valence-electron chi connectivity index (χ1n) is 11.3. The second-order valence-corrected chi connectivity index (χ2v) is 11.2. The lowest BCUT2D eigenvalue weighted by Crippen LogP contribution is -2.38. The van der Waals surface area contributed by atoms with Crippen molar-refractivity contribution in [1.29, 1.82) is 0 Å². The summed E-state index contributed by atoms with van der Waals surface area (Å²) in [6.07, 6.45) is 1.68. The van der Waals surface area contributed by atoms with Crippen LogP contribution in [0.5, 0.6) is 5.75 Å². The van der Waals surface area contributed by atoms with Gasteiger partial charge in [-0.25, -0.2) is 4.79 Å².